The molecule has 7 nitrogen and oxygen atoms in total. The minimum absolute atomic E-state index is 0.000720. The van der Waals surface area contributed by atoms with E-state index in [2.05, 4.69) is 14.8 Å². The van der Waals surface area contributed by atoms with Gasteiger partial charge in [0.1, 0.15) is 4.90 Å². The number of anilines is 1. The lowest BCUT2D eigenvalue weighted by Gasteiger charge is -2.05. The third kappa shape index (κ3) is 2.37. The van der Waals surface area contributed by atoms with E-state index in [0.29, 0.717) is 11.4 Å². The normalized spacial score (nSPS) is 11.9. The van der Waals surface area contributed by atoms with E-state index in [4.69, 9.17) is 5.73 Å². The molecular formula is C9H13N5O2S2. The average molecular weight is 287 g/mol. The van der Waals surface area contributed by atoms with Crippen molar-refractivity contribution in [2.75, 3.05) is 5.73 Å². The lowest BCUT2D eigenvalue weighted by molar-refractivity contribution is 0.580. The van der Waals surface area contributed by atoms with Crippen molar-refractivity contribution < 1.29 is 8.42 Å². The summed E-state index contributed by atoms with van der Waals surface area (Å²) >= 11 is 1.41. The largest absolute Gasteiger partial charge is 0.381 e. The van der Waals surface area contributed by atoms with Gasteiger partial charge in [0.15, 0.2) is 5.82 Å². The van der Waals surface area contributed by atoms with Gasteiger partial charge in [-0.2, -0.15) is 5.10 Å². The van der Waals surface area contributed by atoms with E-state index in [-0.39, 0.29) is 17.3 Å². The van der Waals surface area contributed by atoms with Crippen molar-refractivity contribution in [2.45, 2.75) is 18.4 Å². The molecule has 98 valence electrons. The highest BCUT2D eigenvalue weighted by atomic mass is 32.2. The lowest BCUT2D eigenvalue weighted by atomic mass is 10.5. The molecule has 0 saturated carbocycles. The van der Waals surface area contributed by atoms with Gasteiger partial charge >= 0.3 is 0 Å². The Labute approximate surface area is 109 Å². The summed E-state index contributed by atoms with van der Waals surface area (Å²) in [7, 11) is -2.03. The molecule has 2 rings (SSSR count). The zero-order valence-corrected chi connectivity index (χ0v) is 11.5. The molecule has 0 bridgehead atoms. The Morgan fingerprint density at radius 3 is 2.78 bits per heavy atom. The summed E-state index contributed by atoms with van der Waals surface area (Å²) in [5.41, 5.74) is 8.43. The number of thiazole rings is 1. The molecule has 9 heteroatoms. The Kier molecular flexibility index (Phi) is 3.37. The molecular weight excluding hydrogens is 274 g/mol. The predicted octanol–water partition coefficient (Wildman–Crippen LogP) is 0.246. The van der Waals surface area contributed by atoms with E-state index in [1.165, 1.54) is 16.0 Å². The van der Waals surface area contributed by atoms with Crippen LogP contribution in [0, 0.1) is 6.92 Å². The number of sulfonamides is 1. The van der Waals surface area contributed by atoms with Gasteiger partial charge in [-0.25, -0.2) is 18.1 Å². The smallest absolute Gasteiger partial charge is 0.246 e. The fourth-order valence-electron chi connectivity index (χ4n) is 1.51. The van der Waals surface area contributed by atoms with Gasteiger partial charge in [-0.1, -0.05) is 0 Å². The van der Waals surface area contributed by atoms with Crippen LogP contribution in [0.15, 0.2) is 15.8 Å². The first kappa shape index (κ1) is 13.0. The number of aryl methyl sites for hydroxylation is 1. The zero-order chi connectivity index (χ0) is 13.3. The van der Waals surface area contributed by atoms with E-state index in [9.17, 15) is 8.42 Å². The Balaban J connectivity index is 2.26. The van der Waals surface area contributed by atoms with Crippen LogP contribution in [-0.4, -0.2) is 23.2 Å². The molecule has 0 aliphatic heterocycles. The van der Waals surface area contributed by atoms with E-state index in [1.807, 2.05) is 0 Å². The van der Waals surface area contributed by atoms with E-state index < -0.39 is 10.0 Å². The van der Waals surface area contributed by atoms with Crippen LogP contribution in [-0.2, 0) is 23.6 Å². The van der Waals surface area contributed by atoms with Gasteiger partial charge in [0.05, 0.1) is 23.4 Å². The minimum Gasteiger partial charge on any atom is -0.381 e. The molecule has 0 amide bonds. The molecule has 0 atom stereocenters. The summed E-state index contributed by atoms with van der Waals surface area (Å²) in [6.45, 7) is 1.79. The molecule has 3 N–H and O–H groups in total. The molecule has 0 fully saturated rings. The van der Waals surface area contributed by atoms with Gasteiger partial charge in [-0.05, 0) is 6.92 Å². The second-order valence-electron chi connectivity index (χ2n) is 3.73. The van der Waals surface area contributed by atoms with E-state index >= 15 is 0 Å². The molecule has 0 unspecified atom stereocenters. The first-order chi connectivity index (χ1) is 8.42. The predicted molar refractivity (Wildman–Crippen MR) is 68.5 cm³/mol. The summed E-state index contributed by atoms with van der Waals surface area (Å²) in [6, 6.07) is 0. The number of nitrogens with two attached hydrogens (primary N) is 1. The van der Waals surface area contributed by atoms with Gasteiger partial charge in [0, 0.05) is 12.4 Å². The van der Waals surface area contributed by atoms with Gasteiger partial charge in [0.2, 0.25) is 10.0 Å². The first-order valence-electron chi connectivity index (χ1n) is 5.07. The standard InChI is InChI=1S/C9H13N5O2S2/c1-6-8(9(10)13-14(6)2)18(15,16)12-3-7-4-17-5-11-7/h4-5,12H,3H2,1-2H3,(H2,10,13). The van der Waals surface area contributed by atoms with Crippen molar-refractivity contribution in [3.05, 3.63) is 22.3 Å². The van der Waals surface area contributed by atoms with Crippen molar-refractivity contribution in [1.29, 1.82) is 0 Å². The number of hydrogen-bond acceptors (Lipinski definition) is 6. The summed E-state index contributed by atoms with van der Waals surface area (Å²) in [6.07, 6.45) is 0. The van der Waals surface area contributed by atoms with Crippen molar-refractivity contribution in [3.63, 3.8) is 0 Å². The van der Waals surface area contributed by atoms with Gasteiger partial charge in [0.25, 0.3) is 0 Å². The lowest BCUT2D eigenvalue weighted by Crippen LogP contribution is -2.24. The molecule has 0 aliphatic carbocycles. The quantitative estimate of drug-likeness (QED) is 0.839. The molecule has 2 aromatic heterocycles. The maximum absolute atomic E-state index is 12.1. The summed E-state index contributed by atoms with van der Waals surface area (Å²) in [4.78, 5) is 4.03. The van der Waals surface area contributed by atoms with Crippen molar-refractivity contribution in [2.24, 2.45) is 7.05 Å². The molecule has 18 heavy (non-hydrogen) atoms. The average Bonchev–Trinajstić information content (AvgIpc) is 2.86. The second kappa shape index (κ2) is 4.67. The number of nitrogens with one attached hydrogen (secondary N) is 1. The van der Waals surface area contributed by atoms with Crippen LogP contribution in [0.3, 0.4) is 0 Å². The highest BCUT2D eigenvalue weighted by Gasteiger charge is 2.24. The van der Waals surface area contributed by atoms with Crippen molar-refractivity contribution >= 4 is 27.2 Å². The molecule has 0 spiro atoms. The first-order valence-corrected chi connectivity index (χ1v) is 7.50. The van der Waals surface area contributed by atoms with Crippen LogP contribution in [0.25, 0.3) is 0 Å². The van der Waals surface area contributed by atoms with Crippen LogP contribution >= 0.6 is 11.3 Å². The van der Waals surface area contributed by atoms with Gasteiger partial charge in [-0.15, -0.1) is 11.3 Å². The number of nitrogen functional groups attached to an aromatic ring is 1. The number of rotatable bonds is 4. The zero-order valence-electron chi connectivity index (χ0n) is 9.91. The Morgan fingerprint density at radius 1 is 1.56 bits per heavy atom. The SMILES string of the molecule is Cc1c(S(=O)(=O)NCc2cscn2)c(N)nn1C. The maximum atomic E-state index is 12.1. The molecule has 0 aromatic carbocycles. The Morgan fingerprint density at radius 2 is 2.28 bits per heavy atom. The summed E-state index contributed by atoms with van der Waals surface area (Å²) in [5, 5.41) is 5.66. The Hall–Kier alpha value is -1.45. The monoisotopic (exact) mass is 287 g/mol. The topological polar surface area (TPSA) is 103 Å². The third-order valence-electron chi connectivity index (χ3n) is 2.50. The number of hydrogen-bond donors (Lipinski definition) is 2. The minimum atomic E-state index is -3.67. The van der Waals surface area contributed by atoms with Crippen LogP contribution in [0.2, 0.25) is 0 Å². The second-order valence-corrected chi connectivity index (χ2v) is 6.15. The number of aromatic nitrogens is 3. The molecule has 0 radical (unpaired) electrons. The summed E-state index contributed by atoms with van der Waals surface area (Å²) < 4.78 is 28.1. The van der Waals surface area contributed by atoms with Crippen molar-refractivity contribution in [3.8, 4) is 0 Å². The molecule has 0 saturated heterocycles. The van der Waals surface area contributed by atoms with Gasteiger partial charge in [-0.3, -0.25) is 4.68 Å². The highest BCUT2D eigenvalue weighted by molar-refractivity contribution is 7.89. The Bertz CT molecular complexity index is 645. The van der Waals surface area contributed by atoms with E-state index in [1.54, 1.807) is 24.9 Å². The maximum Gasteiger partial charge on any atom is 0.246 e. The fourth-order valence-corrected chi connectivity index (χ4v) is 3.39. The fraction of sp³-hybridized carbons (Fsp3) is 0.333. The number of nitrogens with zero attached hydrogens (tertiary/aromatic N) is 3. The summed E-state index contributed by atoms with van der Waals surface area (Å²) in [5.74, 6) is 0.000720. The van der Waals surface area contributed by atoms with Crippen LogP contribution in [0.1, 0.15) is 11.4 Å². The highest BCUT2D eigenvalue weighted by Crippen LogP contribution is 2.21. The van der Waals surface area contributed by atoms with Crippen molar-refractivity contribution in [1.82, 2.24) is 19.5 Å². The third-order valence-corrected chi connectivity index (χ3v) is 4.70. The van der Waals surface area contributed by atoms with E-state index in [0.717, 1.165) is 0 Å². The van der Waals surface area contributed by atoms with Crippen LogP contribution < -0.4 is 10.5 Å². The molecule has 2 heterocycles. The molecule has 2 aromatic rings. The van der Waals surface area contributed by atoms with Crippen LogP contribution in [0.5, 0.6) is 0 Å². The van der Waals surface area contributed by atoms with Crippen LogP contribution in [0.4, 0.5) is 5.82 Å². The molecule has 0 aliphatic rings. The van der Waals surface area contributed by atoms with Gasteiger partial charge < -0.3 is 5.73 Å².